The van der Waals surface area contributed by atoms with Crippen molar-refractivity contribution in [2.24, 2.45) is 16.0 Å². The molecule has 24 heavy (non-hydrogen) atoms. The number of rotatable bonds is 5. The van der Waals surface area contributed by atoms with E-state index in [2.05, 4.69) is 15.0 Å². The molecular weight excluding hydrogens is 304 g/mol. The molecule has 0 unspecified atom stereocenters. The molecule has 1 aromatic carbocycles. The second kappa shape index (κ2) is 7.68. The molecule has 128 valence electrons. The maximum absolute atomic E-state index is 12.7. The first-order valence-electron chi connectivity index (χ1n) is 8.42. The van der Waals surface area contributed by atoms with Gasteiger partial charge in [0.15, 0.2) is 0 Å². The first-order valence-corrected chi connectivity index (χ1v) is 8.42. The van der Waals surface area contributed by atoms with Crippen molar-refractivity contribution in [1.29, 1.82) is 0 Å². The highest BCUT2D eigenvalue weighted by atomic mass is 16.5. The topological polar surface area (TPSA) is 57.5 Å². The Balaban J connectivity index is 1.62. The SMILES string of the molecule is CC(=NCCN1CCOCC1)[C@@H]1C(=O)N(c2ccccc2)N=C1C. The number of hydrogen-bond acceptors (Lipinski definition) is 5. The summed E-state index contributed by atoms with van der Waals surface area (Å²) < 4.78 is 5.35. The van der Waals surface area contributed by atoms with Crippen LogP contribution < -0.4 is 5.01 Å². The number of amides is 1. The maximum atomic E-state index is 12.7. The number of morpholine rings is 1. The first kappa shape index (κ1) is 16.8. The Morgan fingerprint density at radius 2 is 2.00 bits per heavy atom. The number of carbonyl (C=O) groups excluding carboxylic acids is 1. The van der Waals surface area contributed by atoms with Gasteiger partial charge in [0.2, 0.25) is 0 Å². The average Bonchev–Trinajstić information content (AvgIpc) is 2.91. The summed E-state index contributed by atoms with van der Waals surface area (Å²) in [5.74, 6) is -0.360. The van der Waals surface area contributed by atoms with E-state index in [9.17, 15) is 4.79 Å². The molecule has 0 N–H and O–H groups in total. The summed E-state index contributed by atoms with van der Waals surface area (Å²) in [5.41, 5.74) is 2.44. The van der Waals surface area contributed by atoms with Gasteiger partial charge >= 0.3 is 0 Å². The van der Waals surface area contributed by atoms with E-state index in [1.807, 2.05) is 44.2 Å². The van der Waals surface area contributed by atoms with E-state index in [-0.39, 0.29) is 11.8 Å². The highest BCUT2D eigenvalue weighted by Gasteiger charge is 2.36. The molecule has 0 spiro atoms. The van der Waals surface area contributed by atoms with Crippen molar-refractivity contribution >= 4 is 23.0 Å². The van der Waals surface area contributed by atoms with Gasteiger partial charge in [-0.2, -0.15) is 10.1 Å². The molecule has 0 saturated carbocycles. The number of aliphatic imine (C=N–C) groups is 1. The molecule has 0 bridgehead atoms. The largest absolute Gasteiger partial charge is 0.379 e. The van der Waals surface area contributed by atoms with Crippen LogP contribution in [0.15, 0.2) is 40.4 Å². The number of nitrogens with zero attached hydrogens (tertiary/aromatic N) is 4. The molecule has 6 nitrogen and oxygen atoms in total. The van der Waals surface area contributed by atoms with Crippen LogP contribution in [0.1, 0.15) is 13.8 Å². The second-order valence-corrected chi connectivity index (χ2v) is 6.14. The van der Waals surface area contributed by atoms with Crippen LogP contribution in [0.4, 0.5) is 5.69 Å². The van der Waals surface area contributed by atoms with Gasteiger partial charge in [-0.1, -0.05) is 18.2 Å². The minimum absolute atomic E-state index is 0.0219. The molecule has 1 amide bonds. The quantitative estimate of drug-likeness (QED) is 0.775. The van der Waals surface area contributed by atoms with E-state index >= 15 is 0 Å². The molecule has 2 heterocycles. The van der Waals surface area contributed by atoms with E-state index in [0.29, 0.717) is 6.54 Å². The molecular formula is C18H24N4O2. The van der Waals surface area contributed by atoms with E-state index in [1.165, 1.54) is 5.01 Å². The van der Waals surface area contributed by atoms with Crippen LogP contribution in [0.5, 0.6) is 0 Å². The average molecular weight is 328 g/mol. The lowest BCUT2D eigenvalue weighted by Crippen LogP contribution is -2.38. The van der Waals surface area contributed by atoms with Gasteiger partial charge in [-0.05, 0) is 26.0 Å². The van der Waals surface area contributed by atoms with Gasteiger partial charge in [-0.3, -0.25) is 14.7 Å². The smallest absolute Gasteiger partial charge is 0.261 e. The Kier molecular flexibility index (Phi) is 5.37. The molecule has 0 aromatic heterocycles. The van der Waals surface area contributed by atoms with E-state index in [1.54, 1.807) is 0 Å². The molecule has 2 aliphatic heterocycles. The number of carbonyl (C=O) groups is 1. The minimum Gasteiger partial charge on any atom is -0.379 e. The zero-order valence-corrected chi connectivity index (χ0v) is 14.3. The predicted octanol–water partition coefficient (Wildman–Crippen LogP) is 1.82. The third kappa shape index (κ3) is 3.71. The van der Waals surface area contributed by atoms with Gasteiger partial charge in [-0.15, -0.1) is 0 Å². The molecule has 1 saturated heterocycles. The summed E-state index contributed by atoms with van der Waals surface area (Å²) >= 11 is 0. The fraction of sp³-hybridized carbons (Fsp3) is 0.500. The van der Waals surface area contributed by atoms with Gasteiger partial charge < -0.3 is 4.74 Å². The van der Waals surface area contributed by atoms with Crippen LogP contribution in [0.25, 0.3) is 0 Å². The summed E-state index contributed by atoms with van der Waals surface area (Å²) in [7, 11) is 0. The Morgan fingerprint density at radius 3 is 2.71 bits per heavy atom. The van der Waals surface area contributed by atoms with Crippen molar-refractivity contribution in [3.8, 4) is 0 Å². The molecule has 1 atom stereocenters. The zero-order chi connectivity index (χ0) is 16.9. The monoisotopic (exact) mass is 328 g/mol. The summed E-state index contributed by atoms with van der Waals surface area (Å²) in [4.78, 5) is 19.7. The number of hydrazone groups is 1. The molecule has 1 aromatic rings. The third-order valence-electron chi connectivity index (χ3n) is 4.43. The van der Waals surface area contributed by atoms with Crippen molar-refractivity contribution in [3.63, 3.8) is 0 Å². The second-order valence-electron chi connectivity index (χ2n) is 6.14. The fourth-order valence-electron chi connectivity index (χ4n) is 3.08. The van der Waals surface area contributed by atoms with Gasteiger partial charge in [0.1, 0.15) is 5.92 Å². The number of benzene rings is 1. The van der Waals surface area contributed by atoms with E-state index in [4.69, 9.17) is 4.74 Å². The Bertz CT molecular complexity index is 636. The highest BCUT2D eigenvalue weighted by molar-refractivity contribution is 6.27. The van der Waals surface area contributed by atoms with Crippen LogP contribution >= 0.6 is 0 Å². The van der Waals surface area contributed by atoms with Crippen molar-refractivity contribution in [1.82, 2.24) is 4.90 Å². The van der Waals surface area contributed by atoms with Crippen LogP contribution in [0.2, 0.25) is 0 Å². The number of ether oxygens (including phenoxy) is 1. The minimum atomic E-state index is -0.338. The van der Waals surface area contributed by atoms with E-state index in [0.717, 1.165) is 50.0 Å². The molecule has 3 rings (SSSR count). The number of para-hydroxylation sites is 1. The van der Waals surface area contributed by atoms with Crippen molar-refractivity contribution in [3.05, 3.63) is 30.3 Å². The standard InChI is InChI=1S/C18H24N4O2/c1-14(19-8-9-21-10-12-24-13-11-21)17-15(2)20-22(18(17)23)16-6-4-3-5-7-16/h3-7,17H,8-13H2,1-2H3/t17-/m0/s1. The van der Waals surface area contributed by atoms with Crippen LogP contribution in [0, 0.1) is 5.92 Å². The Morgan fingerprint density at radius 1 is 1.29 bits per heavy atom. The van der Waals surface area contributed by atoms with Gasteiger partial charge in [0.05, 0.1) is 31.2 Å². The van der Waals surface area contributed by atoms with Crippen molar-refractivity contribution in [2.45, 2.75) is 13.8 Å². The summed E-state index contributed by atoms with van der Waals surface area (Å²) in [6.07, 6.45) is 0. The van der Waals surface area contributed by atoms with Crippen molar-refractivity contribution in [2.75, 3.05) is 44.4 Å². The van der Waals surface area contributed by atoms with Crippen LogP contribution in [-0.2, 0) is 9.53 Å². The highest BCUT2D eigenvalue weighted by Crippen LogP contribution is 2.24. The van der Waals surface area contributed by atoms with Crippen LogP contribution in [0.3, 0.4) is 0 Å². The maximum Gasteiger partial charge on any atom is 0.261 e. The summed E-state index contributed by atoms with van der Waals surface area (Å²) in [5, 5.41) is 5.92. The fourth-order valence-corrected chi connectivity index (χ4v) is 3.08. The van der Waals surface area contributed by atoms with E-state index < -0.39 is 0 Å². The van der Waals surface area contributed by atoms with Gasteiger partial charge in [-0.25, -0.2) is 0 Å². The lowest BCUT2D eigenvalue weighted by molar-refractivity contribution is -0.118. The summed E-state index contributed by atoms with van der Waals surface area (Å²) in [6.45, 7) is 8.93. The van der Waals surface area contributed by atoms with Crippen LogP contribution in [-0.4, -0.2) is 61.6 Å². The molecule has 6 heteroatoms. The molecule has 0 aliphatic carbocycles. The normalized spacial score (nSPS) is 22.8. The Labute approximate surface area is 142 Å². The molecule has 0 radical (unpaired) electrons. The third-order valence-corrected chi connectivity index (χ3v) is 4.43. The van der Waals surface area contributed by atoms with Gasteiger partial charge in [0, 0.05) is 25.3 Å². The van der Waals surface area contributed by atoms with Gasteiger partial charge in [0.25, 0.3) is 5.91 Å². The molecule has 2 aliphatic rings. The number of anilines is 1. The molecule has 1 fully saturated rings. The number of hydrogen-bond donors (Lipinski definition) is 0. The predicted molar refractivity (Wildman–Crippen MR) is 95.8 cm³/mol. The zero-order valence-electron chi connectivity index (χ0n) is 14.3. The van der Waals surface area contributed by atoms with Crippen molar-refractivity contribution < 1.29 is 9.53 Å². The summed E-state index contributed by atoms with van der Waals surface area (Å²) in [6, 6.07) is 9.52. The Hall–Kier alpha value is -2.05. The first-order chi connectivity index (χ1) is 11.7. The lowest BCUT2D eigenvalue weighted by atomic mass is 9.99. The lowest BCUT2D eigenvalue weighted by Gasteiger charge is -2.25.